The number of hydrogen-bond donors (Lipinski definition) is 1. The first-order valence-electron chi connectivity index (χ1n) is 12.1. The smallest absolute Gasteiger partial charge is 0.186 e. The van der Waals surface area contributed by atoms with Crippen LogP contribution in [-0.4, -0.2) is 68.3 Å². The predicted molar refractivity (Wildman–Crippen MR) is 140 cm³/mol. The van der Waals surface area contributed by atoms with Crippen LogP contribution in [0, 0.1) is 0 Å². The fraction of sp³-hybridized carbons (Fsp3) is 0.286. The quantitative estimate of drug-likeness (QED) is 0.315. The Hall–Kier alpha value is -4.28. The fourth-order valence-corrected chi connectivity index (χ4v) is 4.24. The lowest BCUT2D eigenvalue weighted by molar-refractivity contribution is -0.113. The van der Waals surface area contributed by atoms with Gasteiger partial charge in [0.15, 0.2) is 23.1 Å². The Morgan fingerprint density at radius 2 is 1.95 bits per heavy atom. The number of carbonyl (C=O) groups is 2. The standard InChI is InChI=1S/C28H27N3O7/c1-34-9-10-37-27-14-24-22(13-26(27)35-2)28(30-16-29-24)31-23-5-4-18(38-19-7-8-36-15-19)12-20(23)21-11-17(32)3-6-25(21)33/h3-6,11-14,16,19H,7-10,15H2,1-2H3,(H,29,30,31)/t19-/m0/s1. The number of nitrogens with zero attached hydrogens (tertiary/aromatic N) is 2. The van der Waals surface area contributed by atoms with Crippen molar-refractivity contribution in [3.63, 3.8) is 0 Å². The third-order valence-electron chi connectivity index (χ3n) is 6.14. The number of rotatable bonds is 10. The van der Waals surface area contributed by atoms with Gasteiger partial charge in [-0.3, -0.25) is 9.59 Å². The highest BCUT2D eigenvalue weighted by Gasteiger charge is 2.22. The Morgan fingerprint density at radius 1 is 1.05 bits per heavy atom. The highest BCUT2D eigenvalue weighted by molar-refractivity contribution is 6.34. The van der Waals surface area contributed by atoms with E-state index in [4.69, 9.17) is 23.7 Å². The second-order valence-corrected chi connectivity index (χ2v) is 8.68. The van der Waals surface area contributed by atoms with Gasteiger partial charge in [0, 0.05) is 41.8 Å². The van der Waals surface area contributed by atoms with Crippen molar-refractivity contribution in [2.45, 2.75) is 12.5 Å². The Morgan fingerprint density at radius 3 is 2.74 bits per heavy atom. The molecule has 1 aromatic heterocycles. The molecule has 0 saturated carbocycles. The molecular weight excluding hydrogens is 490 g/mol. The maximum Gasteiger partial charge on any atom is 0.186 e. The van der Waals surface area contributed by atoms with Gasteiger partial charge in [-0.15, -0.1) is 0 Å². The number of carbonyl (C=O) groups excluding carboxylic acids is 2. The van der Waals surface area contributed by atoms with Crippen LogP contribution in [-0.2, 0) is 19.1 Å². The van der Waals surface area contributed by atoms with E-state index in [-0.39, 0.29) is 23.2 Å². The van der Waals surface area contributed by atoms with Crippen LogP contribution in [0.4, 0.5) is 11.5 Å². The van der Waals surface area contributed by atoms with E-state index in [1.807, 2.05) is 0 Å². The highest BCUT2D eigenvalue weighted by Crippen LogP contribution is 2.37. The molecule has 10 nitrogen and oxygen atoms in total. The lowest BCUT2D eigenvalue weighted by atomic mass is 9.94. The molecule has 1 aliphatic carbocycles. The van der Waals surface area contributed by atoms with E-state index in [0.717, 1.165) is 6.42 Å². The fourth-order valence-electron chi connectivity index (χ4n) is 4.24. The monoisotopic (exact) mass is 517 g/mol. The van der Waals surface area contributed by atoms with Crippen molar-refractivity contribution in [1.29, 1.82) is 0 Å². The molecule has 0 radical (unpaired) electrons. The van der Waals surface area contributed by atoms with Crippen LogP contribution in [0.5, 0.6) is 17.2 Å². The van der Waals surface area contributed by atoms with Gasteiger partial charge in [-0.2, -0.15) is 0 Å². The first-order chi connectivity index (χ1) is 18.6. The maximum atomic E-state index is 12.8. The van der Waals surface area contributed by atoms with Gasteiger partial charge in [-0.05, 0) is 42.5 Å². The molecule has 5 rings (SSSR count). The zero-order chi connectivity index (χ0) is 26.5. The summed E-state index contributed by atoms with van der Waals surface area (Å²) in [4.78, 5) is 33.8. The SMILES string of the molecule is COCCOc1cc2ncnc(Nc3ccc(O[C@H]4CCOC4)cc3C3=CC(=O)C=CC3=O)c2cc1OC. The zero-order valence-electron chi connectivity index (χ0n) is 21.1. The summed E-state index contributed by atoms with van der Waals surface area (Å²) in [6.07, 6.45) is 6.00. The van der Waals surface area contributed by atoms with E-state index >= 15 is 0 Å². The van der Waals surface area contributed by atoms with Crippen molar-refractivity contribution < 1.29 is 33.3 Å². The van der Waals surface area contributed by atoms with Gasteiger partial charge < -0.3 is 29.0 Å². The van der Waals surface area contributed by atoms with Crippen LogP contribution >= 0.6 is 0 Å². The van der Waals surface area contributed by atoms with Gasteiger partial charge in [-0.1, -0.05) is 0 Å². The summed E-state index contributed by atoms with van der Waals surface area (Å²) < 4.78 is 27.9. The van der Waals surface area contributed by atoms with E-state index in [0.29, 0.717) is 71.6 Å². The average Bonchev–Trinajstić information content (AvgIpc) is 3.44. The molecule has 38 heavy (non-hydrogen) atoms. The molecule has 2 aliphatic rings. The molecule has 1 aliphatic heterocycles. The minimum absolute atomic E-state index is 0.0715. The molecule has 0 bridgehead atoms. The van der Waals surface area contributed by atoms with Crippen molar-refractivity contribution in [2.75, 3.05) is 46.0 Å². The third-order valence-corrected chi connectivity index (χ3v) is 6.14. The molecule has 3 aromatic rings. The van der Waals surface area contributed by atoms with Crippen LogP contribution in [0.1, 0.15) is 12.0 Å². The summed E-state index contributed by atoms with van der Waals surface area (Å²) >= 11 is 0. The molecule has 2 heterocycles. The van der Waals surface area contributed by atoms with Gasteiger partial charge >= 0.3 is 0 Å². The number of allylic oxidation sites excluding steroid dienone is 4. The van der Waals surface area contributed by atoms with Crippen molar-refractivity contribution in [2.24, 2.45) is 0 Å². The Balaban J connectivity index is 1.53. The summed E-state index contributed by atoms with van der Waals surface area (Å²) in [5.41, 5.74) is 1.98. The van der Waals surface area contributed by atoms with Crippen LogP contribution in [0.3, 0.4) is 0 Å². The van der Waals surface area contributed by atoms with Gasteiger partial charge in [0.25, 0.3) is 0 Å². The largest absolute Gasteiger partial charge is 0.493 e. The van der Waals surface area contributed by atoms with Gasteiger partial charge in [0.1, 0.15) is 30.6 Å². The van der Waals surface area contributed by atoms with Crippen LogP contribution in [0.15, 0.2) is 54.9 Å². The number of anilines is 2. The number of nitrogens with one attached hydrogen (secondary N) is 1. The van der Waals surface area contributed by atoms with E-state index in [2.05, 4.69) is 15.3 Å². The van der Waals surface area contributed by atoms with Gasteiger partial charge in [0.05, 0.1) is 32.4 Å². The lowest BCUT2D eigenvalue weighted by Gasteiger charge is -2.19. The van der Waals surface area contributed by atoms with Gasteiger partial charge in [0.2, 0.25) is 0 Å². The van der Waals surface area contributed by atoms with Crippen molar-refractivity contribution in [1.82, 2.24) is 9.97 Å². The molecule has 10 heteroatoms. The summed E-state index contributed by atoms with van der Waals surface area (Å²) in [7, 11) is 3.16. The Kier molecular flexibility index (Phi) is 7.62. The Bertz CT molecular complexity index is 1430. The molecular formula is C28H27N3O7. The number of ether oxygens (including phenoxy) is 5. The van der Waals surface area contributed by atoms with Crippen molar-refractivity contribution >= 4 is 39.5 Å². The maximum absolute atomic E-state index is 12.8. The molecule has 0 spiro atoms. The topological polar surface area (TPSA) is 118 Å². The van der Waals surface area contributed by atoms with E-state index in [1.165, 1.54) is 24.6 Å². The van der Waals surface area contributed by atoms with E-state index in [1.54, 1.807) is 44.6 Å². The van der Waals surface area contributed by atoms with E-state index < -0.39 is 0 Å². The average molecular weight is 518 g/mol. The summed E-state index contributed by atoms with van der Waals surface area (Å²) in [6, 6.07) is 8.91. The lowest BCUT2D eigenvalue weighted by Crippen LogP contribution is -2.16. The molecule has 1 N–H and O–H groups in total. The van der Waals surface area contributed by atoms with Crippen molar-refractivity contribution in [3.05, 3.63) is 60.5 Å². The van der Waals surface area contributed by atoms with Crippen molar-refractivity contribution in [3.8, 4) is 17.2 Å². The zero-order valence-corrected chi connectivity index (χ0v) is 21.1. The second-order valence-electron chi connectivity index (χ2n) is 8.68. The van der Waals surface area contributed by atoms with E-state index in [9.17, 15) is 9.59 Å². The molecule has 1 fully saturated rings. The normalized spacial score (nSPS) is 17.0. The molecule has 1 atom stereocenters. The summed E-state index contributed by atoms with van der Waals surface area (Å²) in [5, 5.41) is 3.99. The third kappa shape index (κ3) is 5.51. The number of benzene rings is 2. The molecule has 2 aromatic carbocycles. The van der Waals surface area contributed by atoms with Crippen LogP contribution < -0.4 is 19.5 Å². The minimum Gasteiger partial charge on any atom is -0.493 e. The van der Waals surface area contributed by atoms with Crippen LogP contribution in [0.25, 0.3) is 16.5 Å². The molecule has 196 valence electrons. The Labute approximate surface area is 219 Å². The first kappa shape index (κ1) is 25.4. The number of ketones is 2. The van der Waals surface area contributed by atoms with Gasteiger partial charge in [-0.25, -0.2) is 9.97 Å². The number of methoxy groups -OCH3 is 2. The number of fused-ring (bicyclic) bond motifs is 1. The summed E-state index contributed by atoms with van der Waals surface area (Å²) in [5.74, 6) is 1.56. The second kappa shape index (κ2) is 11.4. The highest BCUT2D eigenvalue weighted by atomic mass is 16.5. The minimum atomic E-state index is -0.277. The summed E-state index contributed by atoms with van der Waals surface area (Å²) in [6.45, 7) is 1.93. The predicted octanol–water partition coefficient (Wildman–Crippen LogP) is 3.67. The first-order valence-corrected chi connectivity index (χ1v) is 12.1. The number of aromatic nitrogens is 2. The molecule has 0 amide bonds. The van der Waals surface area contributed by atoms with Crippen LogP contribution in [0.2, 0.25) is 0 Å². The molecule has 1 saturated heterocycles. The number of hydrogen-bond acceptors (Lipinski definition) is 10. The molecule has 0 unspecified atom stereocenters.